The average Bonchev–Trinajstić information content (AvgIpc) is 2.93. The minimum absolute atomic E-state index is 0.214. The summed E-state index contributed by atoms with van der Waals surface area (Å²) in [5, 5.41) is 14.6. The third-order valence-corrected chi connectivity index (χ3v) is 5.60. The smallest absolute Gasteiger partial charge is 0.225 e. The van der Waals surface area contributed by atoms with Crippen molar-refractivity contribution in [1.29, 1.82) is 0 Å². The van der Waals surface area contributed by atoms with Gasteiger partial charge in [-0.1, -0.05) is 20.8 Å². The summed E-state index contributed by atoms with van der Waals surface area (Å²) >= 11 is 3.45. The first-order chi connectivity index (χ1) is 10.2. The largest absolute Gasteiger partial charge is 0.396 e. The van der Waals surface area contributed by atoms with Crippen molar-refractivity contribution < 1.29 is 5.11 Å². The Morgan fingerprint density at radius 3 is 2.86 bits per heavy atom. The molecule has 2 aromatic heterocycles. The van der Waals surface area contributed by atoms with Crippen LogP contribution >= 0.6 is 23.1 Å². The van der Waals surface area contributed by atoms with Gasteiger partial charge in [0.25, 0.3) is 0 Å². The van der Waals surface area contributed by atoms with E-state index in [-0.39, 0.29) is 12.5 Å². The van der Waals surface area contributed by atoms with Crippen LogP contribution in [-0.4, -0.2) is 34.0 Å². The fraction of sp³-hybridized carbons (Fsp3) is 0.600. The zero-order chi connectivity index (χ0) is 15.2. The Balaban J connectivity index is 2.31. The highest BCUT2D eigenvalue weighted by Crippen LogP contribution is 2.33. The quantitative estimate of drug-likeness (QED) is 0.571. The van der Waals surface area contributed by atoms with Crippen molar-refractivity contribution in [2.45, 2.75) is 38.6 Å². The van der Waals surface area contributed by atoms with Gasteiger partial charge in [-0.05, 0) is 24.8 Å². The number of aliphatic hydroxyl groups is 1. The van der Waals surface area contributed by atoms with Gasteiger partial charge in [-0.25, -0.2) is 9.97 Å². The first kappa shape index (κ1) is 16.5. The lowest BCUT2D eigenvalue weighted by Crippen LogP contribution is -2.06. The van der Waals surface area contributed by atoms with Crippen LogP contribution in [0.15, 0.2) is 11.1 Å². The van der Waals surface area contributed by atoms with Crippen LogP contribution in [0.4, 0.5) is 5.95 Å². The summed E-state index contributed by atoms with van der Waals surface area (Å²) in [5.41, 5.74) is 0. The molecule has 0 bridgehead atoms. The third-order valence-electron chi connectivity index (χ3n) is 3.11. The molecule has 0 saturated heterocycles. The van der Waals surface area contributed by atoms with E-state index in [1.165, 1.54) is 4.88 Å². The summed E-state index contributed by atoms with van der Waals surface area (Å²) in [6, 6.07) is 2.20. The standard InChI is InChI=1S/C15H23N3OS2/c1-4-6-16-15-17-13(20-9-10(3)8-19)12-7-11(5-2)21-14(12)18-15/h7,10,19H,4-6,8-9H2,1-3H3,(H,16,17,18). The first-order valence-corrected chi connectivity index (χ1v) is 9.26. The Morgan fingerprint density at radius 2 is 2.19 bits per heavy atom. The van der Waals surface area contributed by atoms with Crippen molar-refractivity contribution in [3.8, 4) is 0 Å². The van der Waals surface area contributed by atoms with Gasteiger partial charge in [-0.15, -0.1) is 23.1 Å². The number of nitrogens with one attached hydrogen (secondary N) is 1. The van der Waals surface area contributed by atoms with Crippen LogP contribution in [-0.2, 0) is 6.42 Å². The van der Waals surface area contributed by atoms with Gasteiger partial charge in [0.05, 0.1) is 0 Å². The van der Waals surface area contributed by atoms with Gasteiger partial charge in [0.2, 0.25) is 5.95 Å². The van der Waals surface area contributed by atoms with Crippen molar-refractivity contribution in [3.63, 3.8) is 0 Å². The van der Waals surface area contributed by atoms with Gasteiger partial charge in [-0.2, -0.15) is 0 Å². The predicted molar refractivity (Wildman–Crippen MR) is 92.5 cm³/mol. The zero-order valence-electron chi connectivity index (χ0n) is 12.8. The number of aliphatic hydroxyl groups excluding tert-OH is 1. The van der Waals surface area contributed by atoms with Crippen LogP contribution in [0, 0.1) is 5.92 Å². The molecule has 1 atom stereocenters. The van der Waals surface area contributed by atoms with Gasteiger partial charge in [0.15, 0.2) is 0 Å². The van der Waals surface area contributed by atoms with Crippen LogP contribution in [0.25, 0.3) is 10.2 Å². The highest BCUT2D eigenvalue weighted by Gasteiger charge is 2.13. The number of rotatable bonds is 8. The Kier molecular flexibility index (Phi) is 6.26. The molecule has 0 aromatic carbocycles. The molecule has 6 heteroatoms. The molecule has 1 unspecified atom stereocenters. The van der Waals surface area contributed by atoms with Crippen molar-refractivity contribution >= 4 is 39.3 Å². The molecule has 2 N–H and O–H groups in total. The molecule has 0 spiro atoms. The highest BCUT2D eigenvalue weighted by molar-refractivity contribution is 7.99. The Hall–Kier alpha value is -0.850. The van der Waals surface area contributed by atoms with Crippen LogP contribution in [0.3, 0.4) is 0 Å². The molecule has 0 aliphatic heterocycles. The molecular weight excluding hydrogens is 302 g/mol. The minimum atomic E-state index is 0.214. The third kappa shape index (κ3) is 4.31. The summed E-state index contributed by atoms with van der Waals surface area (Å²) in [4.78, 5) is 11.7. The molecule has 0 fully saturated rings. The number of fused-ring (bicyclic) bond motifs is 1. The molecule has 0 saturated carbocycles. The zero-order valence-corrected chi connectivity index (χ0v) is 14.5. The molecule has 2 aromatic rings. The summed E-state index contributed by atoms with van der Waals surface area (Å²) in [5.74, 6) is 1.86. The number of thiophene rings is 1. The fourth-order valence-electron chi connectivity index (χ4n) is 1.82. The molecule has 2 rings (SSSR count). The topological polar surface area (TPSA) is 58.0 Å². The van der Waals surface area contributed by atoms with Crippen LogP contribution in [0.5, 0.6) is 0 Å². The number of nitrogens with zero attached hydrogens (tertiary/aromatic N) is 2. The van der Waals surface area contributed by atoms with Gasteiger partial charge in [0, 0.05) is 29.2 Å². The summed E-state index contributed by atoms with van der Waals surface area (Å²) in [7, 11) is 0. The van der Waals surface area contributed by atoms with Crippen molar-refractivity contribution in [2.75, 3.05) is 24.2 Å². The van der Waals surface area contributed by atoms with E-state index in [4.69, 9.17) is 0 Å². The predicted octanol–water partition coefficient (Wildman–Crippen LogP) is 3.80. The normalized spacial score (nSPS) is 12.8. The average molecular weight is 326 g/mol. The molecule has 21 heavy (non-hydrogen) atoms. The Bertz CT molecular complexity index is 586. The lowest BCUT2D eigenvalue weighted by molar-refractivity contribution is 0.250. The van der Waals surface area contributed by atoms with E-state index in [2.05, 4.69) is 35.2 Å². The van der Waals surface area contributed by atoms with E-state index in [0.717, 1.165) is 40.4 Å². The SMILES string of the molecule is CCCNc1nc(SCC(C)CO)c2cc(CC)sc2n1. The van der Waals surface area contributed by atoms with Gasteiger partial charge >= 0.3 is 0 Å². The second-order valence-corrected chi connectivity index (χ2v) is 7.29. The molecular formula is C15H23N3OS2. The molecule has 4 nitrogen and oxygen atoms in total. The number of aromatic nitrogens is 2. The first-order valence-electron chi connectivity index (χ1n) is 7.45. The number of aryl methyl sites for hydroxylation is 1. The van der Waals surface area contributed by atoms with Crippen LogP contribution in [0.2, 0.25) is 0 Å². The molecule has 116 valence electrons. The van der Waals surface area contributed by atoms with E-state index in [9.17, 15) is 5.11 Å². The van der Waals surface area contributed by atoms with Crippen molar-refractivity contribution in [2.24, 2.45) is 5.92 Å². The summed E-state index contributed by atoms with van der Waals surface area (Å²) in [6.07, 6.45) is 2.08. The summed E-state index contributed by atoms with van der Waals surface area (Å²) in [6.45, 7) is 7.44. The van der Waals surface area contributed by atoms with Crippen LogP contribution in [0.1, 0.15) is 32.1 Å². The number of hydrogen-bond donors (Lipinski definition) is 2. The molecule has 2 heterocycles. The van der Waals surface area contributed by atoms with E-state index in [0.29, 0.717) is 5.95 Å². The van der Waals surface area contributed by atoms with E-state index >= 15 is 0 Å². The second-order valence-electron chi connectivity index (χ2n) is 5.16. The number of anilines is 1. The fourth-order valence-corrected chi connectivity index (χ4v) is 3.86. The van der Waals surface area contributed by atoms with Crippen molar-refractivity contribution in [1.82, 2.24) is 9.97 Å². The summed E-state index contributed by atoms with van der Waals surface area (Å²) < 4.78 is 0. The van der Waals surface area contributed by atoms with E-state index < -0.39 is 0 Å². The van der Waals surface area contributed by atoms with Crippen LogP contribution < -0.4 is 5.32 Å². The number of hydrogen-bond acceptors (Lipinski definition) is 6. The highest BCUT2D eigenvalue weighted by atomic mass is 32.2. The second kappa shape index (κ2) is 7.96. The minimum Gasteiger partial charge on any atom is -0.396 e. The monoisotopic (exact) mass is 325 g/mol. The Labute approximate surface area is 134 Å². The number of thioether (sulfide) groups is 1. The maximum absolute atomic E-state index is 9.18. The van der Waals surface area contributed by atoms with E-state index in [1.54, 1.807) is 23.1 Å². The molecule has 0 amide bonds. The molecule has 0 aliphatic carbocycles. The van der Waals surface area contributed by atoms with Crippen molar-refractivity contribution in [3.05, 3.63) is 10.9 Å². The lowest BCUT2D eigenvalue weighted by Gasteiger charge is -2.09. The van der Waals surface area contributed by atoms with Gasteiger partial charge in [0.1, 0.15) is 9.86 Å². The maximum atomic E-state index is 9.18. The lowest BCUT2D eigenvalue weighted by atomic mass is 10.2. The van der Waals surface area contributed by atoms with Gasteiger partial charge in [-0.3, -0.25) is 0 Å². The van der Waals surface area contributed by atoms with E-state index in [1.807, 2.05) is 6.92 Å². The Morgan fingerprint density at radius 1 is 1.38 bits per heavy atom. The molecule has 0 radical (unpaired) electrons. The molecule has 0 aliphatic rings. The maximum Gasteiger partial charge on any atom is 0.225 e. The van der Waals surface area contributed by atoms with Gasteiger partial charge < -0.3 is 10.4 Å².